The molecular formula is C14H16FN3O. The summed E-state index contributed by atoms with van der Waals surface area (Å²) in [6.07, 6.45) is 3.27. The maximum atomic E-state index is 13.2. The van der Waals surface area contributed by atoms with Gasteiger partial charge in [0.05, 0.1) is 18.2 Å². The highest BCUT2D eigenvalue weighted by atomic mass is 19.1. The number of hydrogen-bond acceptors (Lipinski definition) is 3. The molecule has 0 saturated carbocycles. The van der Waals surface area contributed by atoms with Crippen LogP contribution in [0.25, 0.3) is 0 Å². The van der Waals surface area contributed by atoms with Crippen molar-refractivity contribution in [2.75, 3.05) is 25.0 Å². The molecule has 0 unspecified atom stereocenters. The van der Waals surface area contributed by atoms with Crippen LogP contribution in [-0.4, -0.2) is 30.4 Å². The number of nitrogens with one attached hydrogen (secondary N) is 1. The van der Waals surface area contributed by atoms with Crippen LogP contribution in [0.1, 0.15) is 24.8 Å². The molecule has 0 radical (unpaired) electrons. The van der Waals surface area contributed by atoms with Crippen molar-refractivity contribution >= 4 is 11.6 Å². The Kier molecular flexibility index (Phi) is 4.35. The van der Waals surface area contributed by atoms with Crippen LogP contribution in [0, 0.1) is 17.1 Å². The Labute approximate surface area is 111 Å². The molecule has 1 heterocycles. The average Bonchev–Trinajstić information content (AvgIpc) is 2.45. The van der Waals surface area contributed by atoms with E-state index in [-0.39, 0.29) is 18.0 Å². The van der Waals surface area contributed by atoms with Gasteiger partial charge in [-0.05, 0) is 37.5 Å². The number of hydrogen-bond donors (Lipinski definition) is 1. The van der Waals surface area contributed by atoms with Gasteiger partial charge in [-0.3, -0.25) is 4.79 Å². The minimum atomic E-state index is -0.480. The van der Waals surface area contributed by atoms with Crippen LogP contribution < -0.4 is 5.32 Å². The summed E-state index contributed by atoms with van der Waals surface area (Å²) >= 11 is 0. The first-order valence-corrected chi connectivity index (χ1v) is 6.41. The molecule has 1 aromatic rings. The molecule has 1 amide bonds. The van der Waals surface area contributed by atoms with E-state index in [2.05, 4.69) is 5.32 Å². The SMILES string of the molecule is N#Cc1cc(F)cc(NCC(=O)N2CCCCC2)c1. The van der Waals surface area contributed by atoms with Gasteiger partial charge in [0.25, 0.3) is 0 Å². The number of amides is 1. The van der Waals surface area contributed by atoms with Crippen LogP contribution in [0.4, 0.5) is 10.1 Å². The topological polar surface area (TPSA) is 56.1 Å². The summed E-state index contributed by atoms with van der Waals surface area (Å²) < 4.78 is 13.2. The Hall–Kier alpha value is -2.09. The van der Waals surface area contributed by atoms with Crippen molar-refractivity contribution in [2.24, 2.45) is 0 Å². The van der Waals surface area contributed by atoms with Crippen molar-refractivity contribution in [2.45, 2.75) is 19.3 Å². The highest BCUT2D eigenvalue weighted by molar-refractivity contribution is 5.81. The van der Waals surface area contributed by atoms with E-state index in [1.54, 1.807) is 0 Å². The average molecular weight is 261 g/mol. The smallest absolute Gasteiger partial charge is 0.241 e. The zero-order valence-electron chi connectivity index (χ0n) is 10.7. The number of anilines is 1. The summed E-state index contributed by atoms with van der Waals surface area (Å²) in [5.74, 6) is -0.463. The fraction of sp³-hybridized carbons (Fsp3) is 0.429. The molecular weight excluding hydrogens is 245 g/mol. The van der Waals surface area contributed by atoms with Crippen LogP contribution >= 0.6 is 0 Å². The first kappa shape index (κ1) is 13.3. The largest absolute Gasteiger partial charge is 0.376 e. The van der Waals surface area contributed by atoms with Crippen LogP contribution in [-0.2, 0) is 4.79 Å². The maximum Gasteiger partial charge on any atom is 0.241 e. The lowest BCUT2D eigenvalue weighted by Crippen LogP contribution is -2.39. The van der Waals surface area contributed by atoms with E-state index in [1.165, 1.54) is 18.6 Å². The highest BCUT2D eigenvalue weighted by Crippen LogP contribution is 2.14. The van der Waals surface area contributed by atoms with Gasteiger partial charge in [-0.25, -0.2) is 4.39 Å². The number of carbonyl (C=O) groups excluding carboxylic acids is 1. The molecule has 2 rings (SSSR count). The molecule has 0 aromatic heterocycles. The van der Waals surface area contributed by atoms with E-state index < -0.39 is 5.82 Å². The molecule has 0 aliphatic carbocycles. The molecule has 5 heteroatoms. The fourth-order valence-corrected chi connectivity index (χ4v) is 2.19. The van der Waals surface area contributed by atoms with Crippen molar-refractivity contribution in [1.29, 1.82) is 5.26 Å². The monoisotopic (exact) mass is 261 g/mol. The summed E-state index contributed by atoms with van der Waals surface area (Å²) in [4.78, 5) is 13.7. The standard InChI is InChI=1S/C14H16FN3O/c15-12-6-11(9-16)7-13(8-12)17-10-14(19)18-4-2-1-3-5-18/h6-8,17H,1-5,10H2. The molecule has 4 nitrogen and oxygen atoms in total. The molecule has 1 aliphatic rings. The van der Waals surface area contributed by atoms with Gasteiger partial charge < -0.3 is 10.2 Å². The van der Waals surface area contributed by atoms with Crippen molar-refractivity contribution in [3.05, 3.63) is 29.6 Å². The lowest BCUT2D eigenvalue weighted by Gasteiger charge is -2.26. The molecule has 0 spiro atoms. The molecule has 19 heavy (non-hydrogen) atoms. The maximum absolute atomic E-state index is 13.2. The van der Waals surface area contributed by atoms with E-state index in [0.717, 1.165) is 32.0 Å². The van der Waals surface area contributed by atoms with Crippen LogP contribution in [0.15, 0.2) is 18.2 Å². The van der Waals surface area contributed by atoms with Crippen molar-refractivity contribution in [3.8, 4) is 6.07 Å². The summed E-state index contributed by atoms with van der Waals surface area (Å²) in [5.41, 5.74) is 0.704. The number of benzene rings is 1. The predicted molar refractivity (Wildman–Crippen MR) is 70.0 cm³/mol. The number of rotatable bonds is 3. The van der Waals surface area contributed by atoms with Gasteiger partial charge in [0, 0.05) is 18.8 Å². The zero-order chi connectivity index (χ0) is 13.7. The lowest BCUT2D eigenvalue weighted by molar-refractivity contribution is -0.130. The third-order valence-electron chi connectivity index (χ3n) is 3.18. The summed E-state index contributed by atoms with van der Waals surface area (Å²) in [6, 6.07) is 5.86. The Bertz CT molecular complexity index is 504. The van der Waals surface area contributed by atoms with E-state index in [4.69, 9.17) is 5.26 Å². The normalized spacial score (nSPS) is 14.8. The van der Waals surface area contributed by atoms with Crippen LogP contribution in [0.2, 0.25) is 0 Å². The van der Waals surface area contributed by atoms with Gasteiger partial charge in [-0.15, -0.1) is 0 Å². The number of nitrogens with zero attached hydrogens (tertiary/aromatic N) is 2. The second-order valence-corrected chi connectivity index (χ2v) is 4.64. The van der Waals surface area contributed by atoms with Crippen molar-refractivity contribution < 1.29 is 9.18 Å². The summed E-state index contributed by atoms with van der Waals surface area (Å²) in [6.45, 7) is 1.73. The number of piperidine rings is 1. The second kappa shape index (κ2) is 6.19. The first-order chi connectivity index (χ1) is 9.19. The van der Waals surface area contributed by atoms with E-state index >= 15 is 0 Å². The van der Waals surface area contributed by atoms with E-state index in [9.17, 15) is 9.18 Å². The van der Waals surface area contributed by atoms with Gasteiger partial charge in [0.15, 0.2) is 0 Å². The third-order valence-corrected chi connectivity index (χ3v) is 3.18. The van der Waals surface area contributed by atoms with Gasteiger partial charge in [0.1, 0.15) is 5.82 Å². The molecule has 0 atom stereocenters. The predicted octanol–water partition coefficient (Wildman–Crippen LogP) is 2.12. The Morgan fingerprint density at radius 2 is 2.05 bits per heavy atom. The molecule has 1 aromatic carbocycles. The minimum Gasteiger partial charge on any atom is -0.376 e. The molecule has 0 bridgehead atoms. The number of carbonyl (C=O) groups is 1. The first-order valence-electron chi connectivity index (χ1n) is 6.41. The fourth-order valence-electron chi connectivity index (χ4n) is 2.19. The van der Waals surface area contributed by atoms with Gasteiger partial charge >= 0.3 is 0 Å². The Morgan fingerprint density at radius 3 is 2.74 bits per heavy atom. The minimum absolute atomic E-state index is 0.0162. The molecule has 1 fully saturated rings. The quantitative estimate of drug-likeness (QED) is 0.906. The molecule has 100 valence electrons. The third kappa shape index (κ3) is 3.68. The lowest BCUT2D eigenvalue weighted by atomic mass is 10.1. The van der Waals surface area contributed by atoms with Gasteiger partial charge in [-0.1, -0.05) is 0 Å². The van der Waals surface area contributed by atoms with Crippen LogP contribution in [0.3, 0.4) is 0 Å². The van der Waals surface area contributed by atoms with Crippen molar-refractivity contribution in [3.63, 3.8) is 0 Å². The summed E-state index contributed by atoms with van der Waals surface area (Å²) in [7, 11) is 0. The van der Waals surface area contributed by atoms with Gasteiger partial charge in [-0.2, -0.15) is 5.26 Å². The van der Waals surface area contributed by atoms with E-state index in [0.29, 0.717) is 5.69 Å². The number of halogens is 1. The Morgan fingerprint density at radius 1 is 1.32 bits per heavy atom. The number of likely N-dealkylation sites (tertiary alicyclic amines) is 1. The summed E-state index contributed by atoms with van der Waals surface area (Å²) in [5, 5.41) is 11.6. The molecule has 1 N–H and O–H groups in total. The van der Waals surface area contributed by atoms with Gasteiger partial charge in [0.2, 0.25) is 5.91 Å². The second-order valence-electron chi connectivity index (χ2n) is 4.64. The Balaban J connectivity index is 1.93. The molecule has 1 saturated heterocycles. The van der Waals surface area contributed by atoms with Crippen molar-refractivity contribution in [1.82, 2.24) is 4.90 Å². The highest BCUT2D eigenvalue weighted by Gasteiger charge is 2.15. The van der Waals surface area contributed by atoms with E-state index in [1.807, 2.05) is 11.0 Å². The zero-order valence-corrected chi connectivity index (χ0v) is 10.7. The number of nitriles is 1. The van der Waals surface area contributed by atoms with Crippen LogP contribution in [0.5, 0.6) is 0 Å². The molecule has 1 aliphatic heterocycles.